The SMILES string of the molecule is CN1C=C(c2cc(OCC(=O)O)cc3c2-c2ccccc2C3(O)C(F)(F)F)CC=N1. The van der Waals surface area contributed by atoms with Crippen LogP contribution in [0.15, 0.2) is 47.7 Å². The zero-order valence-electron chi connectivity index (χ0n) is 15.8. The van der Waals surface area contributed by atoms with E-state index in [0.717, 1.165) is 6.07 Å². The molecule has 0 spiro atoms. The fourth-order valence-electron chi connectivity index (χ4n) is 3.90. The molecule has 0 amide bonds. The highest BCUT2D eigenvalue weighted by Crippen LogP contribution is 2.57. The second kappa shape index (κ2) is 6.88. The van der Waals surface area contributed by atoms with Gasteiger partial charge in [-0.2, -0.15) is 18.3 Å². The largest absolute Gasteiger partial charge is 0.482 e. The van der Waals surface area contributed by atoms with Crippen molar-refractivity contribution in [3.8, 4) is 16.9 Å². The van der Waals surface area contributed by atoms with Crippen LogP contribution in [-0.2, 0) is 10.4 Å². The normalized spacial score (nSPS) is 19.9. The van der Waals surface area contributed by atoms with Gasteiger partial charge in [0.25, 0.3) is 0 Å². The van der Waals surface area contributed by atoms with Crippen LogP contribution in [-0.4, -0.2) is 47.2 Å². The summed E-state index contributed by atoms with van der Waals surface area (Å²) in [5, 5.41) is 25.5. The van der Waals surface area contributed by atoms with Crippen molar-refractivity contribution in [2.24, 2.45) is 5.10 Å². The zero-order chi connectivity index (χ0) is 21.7. The van der Waals surface area contributed by atoms with E-state index in [2.05, 4.69) is 5.10 Å². The van der Waals surface area contributed by atoms with Gasteiger partial charge >= 0.3 is 12.1 Å². The molecule has 0 aromatic heterocycles. The number of aliphatic carboxylic acids is 1. The van der Waals surface area contributed by atoms with Crippen molar-refractivity contribution in [3.05, 3.63) is 59.3 Å². The number of carboxylic acids is 1. The zero-order valence-corrected chi connectivity index (χ0v) is 15.8. The number of ether oxygens (including phenoxy) is 1. The van der Waals surface area contributed by atoms with Gasteiger partial charge in [-0.25, -0.2) is 4.79 Å². The maximum absolute atomic E-state index is 14.2. The molecule has 2 N–H and O–H groups in total. The topological polar surface area (TPSA) is 82.4 Å². The first-order valence-corrected chi connectivity index (χ1v) is 9.01. The van der Waals surface area contributed by atoms with E-state index in [4.69, 9.17) is 9.84 Å². The smallest absolute Gasteiger partial charge is 0.425 e. The van der Waals surface area contributed by atoms with E-state index in [1.54, 1.807) is 25.5 Å². The summed E-state index contributed by atoms with van der Waals surface area (Å²) >= 11 is 0. The Kier molecular flexibility index (Phi) is 4.58. The molecule has 6 nitrogen and oxygen atoms in total. The highest BCUT2D eigenvalue weighted by Gasteiger charge is 2.61. The Bertz CT molecular complexity index is 1090. The summed E-state index contributed by atoms with van der Waals surface area (Å²) < 4.78 is 47.7. The number of halogens is 3. The number of benzene rings is 2. The number of hydrogen-bond donors (Lipinski definition) is 2. The van der Waals surface area contributed by atoms with Crippen LogP contribution in [0.3, 0.4) is 0 Å². The summed E-state index contributed by atoms with van der Waals surface area (Å²) in [6.07, 6.45) is -1.37. The highest BCUT2D eigenvalue weighted by atomic mass is 19.4. The Balaban J connectivity index is 2.02. The molecule has 0 fully saturated rings. The molecule has 0 saturated heterocycles. The lowest BCUT2D eigenvalue weighted by Crippen LogP contribution is -2.41. The van der Waals surface area contributed by atoms with Crippen molar-refractivity contribution >= 4 is 17.8 Å². The molecule has 0 bridgehead atoms. The number of allylic oxidation sites excluding steroid dienone is 1. The van der Waals surface area contributed by atoms with Crippen LogP contribution >= 0.6 is 0 Å². The molecule has 9 heteroatoms. The molecular formula is C21H17F3N2O4. The molecule has 1 heterocycles. The number of alkyl halides is 3. The van der Waals surface area contributed by atoms with Gasteiger partial charge in [0.1, 0.15) is 5.75 Å². The van der Waals surface area contributed by atoms with Gasteiger partial charge in [-0.15, -0.1) is 0 Å². The molecule has 0 saturated carbocycles. The number of carboxylic acid groups (broad SMARTS) is 1. The van der Waals surface area contributed by atoms with Gasteiger partial charge in [-0.05, 0) is 34.4 Å². The third-order valence-electron chi connectivity index (χ3n) is 5.12. The first-order valence-electron chi connectivity index (χ1n) is 9.01. The van der Waals surface area contributed by atoms with Gasteiger partial charge in [0.05, 0.1) is 0 Å². The predicted molar refractivity (Wildman–Crippen MR) is 103 cm³/mol. The molecule has 1 atom stereocenters. The fourth-order valence-corrected chi connectivity index (χ4v) is 3.90. The summed E-state index contributed by atoms with van der Waals surface area (Å²) in [6, 6.07) is 8.37. The third kappa shape index (κ3) is 3.02. The molecule has 1 aliphatic heterocycles. The molecule has 4 rings (SSSR count). The number of nitrogens with zero attached hydrogens (tertiary/aromatic N) is 2. The maximum Gasteiger partial charge on any atom is 0.425 e. The standard InChI is InChI=1S/C21H17F3N2O4/c1-26-10-12(6-7-25-26)15-8-13(30-11-18(27)28)9-17-19(15)14-4-2-3-5-16(14)20(17,29)21(22,23)24/h2-5,7-10,29H,6,11H2,1H3,(H,27,28). The van der Waals surface area contributed by atoms with Gasteiger partial charge in [0.2, 0.25) is 5.60 Å². The summed E-state index contributed by atoms with van der Waals surface area (Å²) in [4.78, 5) is 10.9. The quantitative estimate of drug-likeness (QED) is 0.793. The first kappa shape index (κ1) is 20.0. The lowest BCUT2D eigenvalue weighted by molar-refractivity contribution is -0.246. The van der Waals surface area contributed by atoms with E-state index in [0.29, 0.717) is 17.6 Å². The average molecular weight is 418 g/mol. The van der Waals surface area contributed by atoms with Crippen molar-refractivity contribution in [1.82, 2.24) is 5.01 Å². The monoisotopic (exact) mass is 418 g/mol. The Morgan fingerprint density at radius 3 is 2.63 bits per heavy atom. The molecule has 156 valence electrons. The summed E-state index contributed by atoms with van der Waals surface area (Å²) in [5.41, 5.74) is -2.33. The lowest BCUT2D eigenvalue weighted by atomic mass is 9.88. The van der Waals surface area contributed by atoms with Gasteiger partial charge in [0, 0.05) is 37.0 Å². The van der Waals surface area contributed by atoms with Crippen LogP contribution in [0.25, 0.3) is 16.7 Å². The van der Waals surface area contributed by atoms with Crippen molar-refractivity contribution < 1.29 is 32.9 Å². The van der Waals surface area contributed by atoms with Gasteiger partial charge < -0.3 is 14.9 Å². The van der Waals surface area contributed by atoms with Crippen molar-refractivity contribution in [1.29, 1.82) is 0 Å². The first-order chi connectivity index (χ1) is 14.1. The molecule has 2 aromatic carbocycles. The number of hydrazone groups is 1. The van der Waals surface area contributed by atoms with Crippen LogP contribution < -0.4 is 4.74 Å². The molecule has 1 unspecified atom stereocenters. The minimum Gasteiger partial charge on any atom is -0.482 e. The van der Waals surface area contributed by atoms with Crippen LogP contribution in [0.2, 0.25) is 0 Å². The number of rotatable bonds is 4. The number of hydrogen-bond acceptors (Lipinski definition) is 5. The van der Waals surface area contributed by atoms with E-state index in [9.17, 15) is 23.1 Å². The molecule has 2 aliphatic rings. The molecule has 1 aliphatic carbocycles. The van der Waals surface area contributed by atoms with Crippen LogP contribution in [0, 0.1) is 0 Å². The van der Waals surface area contributed by atoms with Crippen molar-refractivity contribution in [2.45, 2.75) is 18.2 Å². The third-order valence-corrected chi connectivity index (χ3v) is 5.12. The molecule has 0 radical (unpaired) electrons. The van der Waals surface area contributed by atoms with Gasteiger partial charge in [0.15, 0.2) is 6.61 Å². The van der Waals surface area contributed by atoms with E-state index < -0.39 is 24.4 Å². The van der Waals surface area contributed by atoms with Crippen LogP contribution in [0.5, 0.6) is 5.75 Å². The van der Waals surface area contributed by atoms with Gasteiger partial charge in [-0.1, -0.05) is 24.3 Å². The Morgan fingerprint density at radius 1 is 1.23 bits per heavy atom. The van der Waals surface area contributed by atoms with Gasteiger partial charge in [-0.3, -0.25) is 5.01 Å². The second-order valence-electron chi connectivity index (χ2n) is 7.06. The van der Waals surface area contributed by atoms with E-state index in [-0.39, 0.29) is 28.0 Å². The number of aliphatic hydroxyl groups is 1. The van der Waals surface area contributed by atoms with E-state index >= 15 is 0 Å². The van der Waals surface area contributed by atoms with Crippen LogP contribution in [0.1, 0.15) is 23.1 Å². The summed E-state index contributed by atoms with van der Waals surface area (Å²) in [7, 11) is 1.68. The highest BCUT2D eigenvalue weighted by molar-refractivity contribution is 5.94. The molecular weight excluding hydrogens is 401 g/mol. The minimum atomic E-state index is -5.00. The van der Waals surface area contributed by atoms with E-state index in [1.807, 2.05) is 0 Å². The molecule has 30 heavy (non-hydrogen) atoms. The maximum atomic E-state index is 14.2. The average Bonchev–Trinajstić information content (AvgIpc) is 2.96. The Morgan fingerprint density at radius 2 is 1.97 bits per heavy atom. The minimum absolute atomic E-state index is 0.0762. The number of fused-ring (bicyclic) bond motifs is 3. The van der Waals surface area contributed by atoms with E-state index in [1.165, 1.54) is 29.3 Å². The molecule has 2 aromatic rings. The fraction of sp³-hybridized carbons (Fsp3) is 0.238. The van der Waals surface area contributed by atoms with Crippen molar-refractivity contribution in [3.63, 3.8) is 0 Å². The predicted octanol–water partition coefficient (Wildman–Crippen LogP) is 3.59. The van der Waals surface area contributed by atoms with Crippen molar-refractivity contribution in [2.75, 3.05) is 13.7 Å². The Labute approximate surface area is 169 Å². The lowest BCUT2D eigenvalue weighted by Gasteiger charge is -2.29. The number of carbonyl (C=O) groups is 1. The summed E-state index contributed by atoms with van der Waals surface area (Å²) in [5.74, 6) is -1.34. The second-order valence-corrected chi connectivity index (χ2v) is 7.06. The van der Waals surface area contributed by atoms with Crippen LogP contribution in [0.4, 0.5) is 13.2 Å². The summed E-state index contributed by atoms with van der Waals surface area (Å²) in [6.45, 7) is -0.726. The Hall–Kier alpha value is -3.33.